The Balaban J connectivity index is 3.58. The van der Waals surface area contributed by atoms with Crippen molar-refractivity contribution in [3.8, 4) is 0 Å². The summed E-state index contributed by atoms with van der Waals surface area (Å²) in [5.74, 6) is -1.77. The molecule has 4 heteroatoms. The van der Waals surface area contributed by atoms with Gasteiger partial charge in [-0.15, -0.1) is 0 Å². The number of alkyl halides is 3. The number of allylic oxidation sites excluding steroid dienone is 2. The van der Waals surface area contributed by atoms with E-state index in [1.54, 1.807) is 0 Å². The summed E-state index contributed by atoms with van der Waals surface area (Å²) in [5.41, 5.74) is 0. The zero-order chi connectivity index (χ0) is 11.0. The molecule has 0 unspecified atom stereocenters. The molecule has 0 N–H and O–H groups in total. The first-order valence-electron chi connectivity index (χ1n) is 4.76. The maximum Gasteiger partial charge on any atom is 0.454 e. The van der Waals surface area contributed by atoms with E-state index in [0.717, 1.165) is 25.7 Å². The normalized spacial score (nSPS) is 12.3. The molecule has 0 aliphatic carbocycles. The molecule has 0 aromatic heterocycles. The fourth-order valence-electron chi connectivity index (χ4n) is 0.974. The summed E-state index contributed by atoms with van der Waals surface area (Å²) >= 11 is 0. The van der Waals surface area contributed by atoms with Gasteiger partial charge in [0.2, 0.25) is 0 Å². The molecule has 0 heterocycles. The Hall–Kier alpha value is -0.800. The van der Waals surface area contributed by atoms with Crippen LogP contribution in [-0.4, -0.2) is 12.0 Å². The topological polar surface area (TPSA) is 17.1 Å². The van der Waals surface area contributed by atoms with E-state index in [2.05, 4.69) is 6.92 Å². The smallest absolute Gasteiger partial charge is 0.285 e. The lowest BCUT2D eigenvalue weighted by atomic mass is 10.1. The average Bonchev–Trinajstić information content (AvgIpc) is 2.09. The summed E-state index contributed by atoms with van der Waals surface area (Å²) in [4.78, 5) is 10.3. The first-order chi connectivity index (χ1) is 6.48. The molecule has 0 aliphatic rings. The van der Waals surface area contributed by atoms with Gasteiger partial charge in [-0.05, 0) is 18.9 Å². The molecule has 0 radical (unpaired) electrons. The van der Waals surface area contributed by atoms with Gasteiger partial charge >= 0.3 is 6.18 Å². The van der Waals surface area contributed by atoms with Crippen LogP contribution in [0.1, 0.15) is 39.0 Å². The van der Waals surface area contributed by atoms with Crippen LogP contribution in [0, 0.1) is 0 Å². The highest BCUT2D eigenvalue weighted by Crippen LogP contribution is 2.16. The third-order valence-corrected chi connectivity index (χ3v) is 1.77. The van der Waals surface area contributed by atoms with Crippen molar-refractivity contribution >= 4 is 5.78 Å². The Morgan fingerprint density at radius 2 is 1.86 bits per heavy atom. The lowest BCUT2D eigenvalue weighted by Gasteiger charge is -1.99. The quantitative estimate of drug-likeness (QED) is 0.481. The molecule has 14 heavy (non-hydrogen) atoms. The van der Waals surface area contributed by atoms with Crippen molar-refractivity contribution in [2.75, 3.05) is 0 Å². The Morgan fingerprint density at radius 3 is 2.36 bits per heavy atom. The molecule has 0 spiro atoms. The monoisotopic (exact) mass is 208 g/mol. The van der Waals surface area contributed by atoms with Crippen molar-refractivity contribution in [3.05, 3.63) is 12.2 Å². The Kier molecular flexibility index (Phi) is 6.25. The van der Waals surface area contributed by atoms with Crippen molar-refractivity contribution < 1.29 is 18.0 Å². The second-order valence-corrected chi connectivity index (χ2v) is 3.11. The number of carbonyl (C=O) groups excluding carboxylic acids is 1. The summed E-state index contributed by atoms with van der Waals surface area (Å²) in [7, 11) is 0. The molecule has 82 valence electrons. The first kappa shape index (κ1) is 13.2. The van der Waals surface area contributed by atoms with Crippen molar-refractivity contribution in [3.63, 3.8) is 0 Å². The van der Waals surface area contributed by atoms with E-state index in [1.807, 2.05) is 0 Å². The van der Waals surface area contributed by atoms with Gasteiger partial charge in [-0.25, -0.2) is 0 Å². The molecular weight excluding hydrogens is 193 g/mol. The number of carbonyl (C=O) groups is 1. The summed E-state index contributed by atoms with van der Waals surface area (Å²) in [6, 6.07) is 0. The molecule has 1 nitrogen and oxygen atoms in total. The van der Waals surface area contributed by atoms with Gasteiger partial charge in [0.15, 0.2) is 0 Å². The van der Waals surface area contributed by atoms with Gasteiger partial charge in [0.05, 0.1) is 0 Å². The number of hydrogen-bond donors (Lipinski definition) is 0. The predicted octanol–water partition coefficient (Wildman–Crippen LogP) is 3.64. The summed E-state index contributed by atoms with van der Waals surface area (Å²) in [6.45, 7) is 2.06. The lowest BCUT2D eigenvalue weighted by Crippen LogP contribution is -2.19. The predicted molar refractivity (Wildman–Crippen MR) is 49.0 cm³/mol. The van der Waals surface area contributed by atoms with E-state index in [9.17, 15) is 18.0 Å². The van der Waals surface area contributed by atoms with E-state index in [4.69, 9.17) is 0 Å². The van der Waals surface area contributed by atoms with Crippen LogP contribution in [0.15, 0.2) is 12.2 Å². The largest absolute Gasteiger partial charge is 0.454 e. The van der Waals surface area contributed by atoms with Crippen LogP contribution in [0.2, 0.25) is 0 Å². The zero-order valence-electron chi connectivity index (χ0n) is 8.23. The minimum absolute atomic E-state index is 0.543. The van der Waals surface area contributed by atoms with Gasteiger partial charge in [0, 0.05) is 0 Å². The minimum atomic E-state index is -4.72. The highest BCUT2D eigenvalue weighted by molar-refractivity contribution is 5.94. The zero-order valence-corrected chi connectivity index (χ0v) is 8.23. The molecule has 0 fully saturated rings. The van der Waals surface area contributed by atoms with Gasteiger partial charge in [-0.3, -0.25) is 4.79 Å². The maximum absolute atomic E-state index is 11.7. The Labute approximate surface area is 82.0 Å². The minimum Gasteiger partial charge on any atom is -0.285 e. The molecule has 0 aliphatic heterocycles. The highest BCUT2D eigenvalue weighted by atomic mass is 19.4. The molecule has 0 aromatic carbocycles. The summed E-state index contributed by atoms with van der Waals surface area (Å²) in [6.07, 6.45) is 1.75. The number of rotatable bonds is 6. The molecule has 0 atom stereocenters. The van der Waals surface area contributed by atoms with Crippen LogP contribution < -0.4 is 0 Å². The third-order valence-electron chi connectivity index (χ3n) is 1.77. The van der Waals surface area contributed by atoms with Gasteiger partial charge in [0.1, 0.15) is 0 Å². The first-order valence-corrected chi connectivity index (χ1v) is 4.76. The van der Waals surface area contributed by atoms with E-state index in [1.165, 1.54) is 6.08 Å². The third kappa shape index (κ3) is 6.69. The number of ketones is 1. The summed E-state index contributed by atoms with van der Waals surface area (Å²) in [5, 5.41) is 0. The Morgan fingerprint density at radius 1 is 1.21 bits per heavy atom. The van der Waals surface area contributed by atoms with Crippen molar-refractivity contribution in [1.82, 2.24) is 0 Å². The van der Waals surface area contributed by atoms with Gasteiger partial charge < -0.3 is 0 Å². The molecule has 0 bridgehead atoms. The maximum atomic E-state index is 11.7. The average molecular weight is 208 g/mol. The Bertz CT molecular complexity index is 194. The molecule has 0 rings (SSSR count). The van der Waals surface area contributed by atoms with Crippen LogP contribution in [0.25, 0.3) is 0 Å². The molecule has 0 aromatic rings. The number of unbranched alkanes of at least 4 members (excludes halogenated alkanes) is 4. The van der Waals surface area contributed by atoms with Crippen LogP contribution in [-0.2, 0) is 4.79 Å². The van der Waals surface area contributed by atoms with E-state index in [-0.39, 0.29) is 0 Å². The molecular formula is C10H15F3O. The highest BCUT2D eigenvalue weighted by Gasteiger charge is 2.35. The molecule has 0 amide bonds. The van der Waals surface area contributed by atoms with Gasteiger partial charge in [-0.1, -0.05) is 32.3 Å². The summed E-state index contributed by atoms with van der Waals surface area (Å²) < 4.78 is 35.0. The fraction of sp³-hybridized carbons (Fsp3) is 0.700. The van der Waals surface area contributed by atoms with E-state index in [0.29, 0.717) is 12.5 Å². The second-order valence-electron chi connectivity index (χ2n) is 3.11. The van der Waals surface area contributed by atoms with Gasteiger partial charge in [-0.2, -0.15) is 13.2 Å². The van der Waals surface area contributed by atoms with Crippen LogP contribution in [0.4, 0.5) is 13.2 Å². The molecule has 0 saturated carbocycles. The fourth-order valence-corrected chi connectivity index (χ4v) is 0.974. The number of halogens is 3. The van der Waals surface area contributed by atoms with E-state index < -0.39 is 12.0 Å². The lowest BCUT2D eigenvalue weighted by molar-refractivity contribution is -0.165. The van der Waals surface area contributed by atoms with Crippen LogP contribution in [0.3, 0.4) is 0 Å². The second kappa shape index (κ2) is 6.62. The van der Waals surface area contributed by atoms with E-state index >= 15 is 0 Å². The molecule has 0 saturated heterocycles. The van der Waals surface area contributed by atoms with Crippen LogP contribution >= 0.6 is 0 Å². The van der Waals surface area contributed by atoms with Crippen molar-refractivity contribution in [1.29, 1.82) is 0 Å². The van der Waals surface area contributed by atoms with Crippen molar-refractivity contribution in [2.45, 2.75) is 45.2 Å². The SMILES string of the molecule is CCCCCC/C=C\C(=O)C(F)(F)F. The van der Waals surface area contributed by atoms with Crippen molar-refractivity contribution in [2.24, 2.45) is 0 Å². The van der Waals surface area contributed by atoms with Crippen LogP contribution in [0.5, 0.6) is 0 Å². The standard InChI is InChI=1S/C10H15F3O/c1-2-3-4-5-6-7-8-9(14)10(11,12)13/h7-8H,2-6H2,1H3/b8-7-. The van der Waals surface area contributed by atoms with Gasteiger partial charge in [0.25, 0.3) is 5.78 Å². The number of hydrogen-bond acceptors (Lipinski definition) is 1.